The molecule has 1 aromatic rings. The minimum Gasteiger partial charge on any atom is -0.505 e. The van der Waals surface area contributed by atoms with Gasteiger partial charge in [0, 0.05) is 0 Å². The van der Waals surface area contributed by atoms with Crippen molar-refractivity contribution in [2.24, 2.45) is 4.40 Å². The van der Waals surface area contributed by atoms with E-state index in [2.05, 4.69) is 4.40 Å². The van der Waals surface area contributed by atoms with E-state index in [1.807, 2.05) is 26.6 Å². The minimum atomic E-state index is -3.81. The highest BCUT2D eigenvalue weighted by atomic mass is 32.2. The van der Waals surface area contributed by atoms with E-state index in [4.69, 9.17) is 9.16 Å². The second kappa shape index (κ2) is 6.40. The van der Waals surface area contributed by atoms with Gasteiger partial charge >= 0.3 is 6.08 Å². The lowest BCUT2D eigenvalue weighted by Gasteiger charge is -2.19. The van der Waals surface area contributed by atoms with Crippen LogP contribution in [0.4, 0.5) is 0 Å². The maximum absolute atomic E-state index is 12.2. The van der Waals surface area contributed by atoms with Gasteiger partial charge in [0.1, 0.15) is 0 Å². The summed E-state index contributed by atoms with van der Waals surface area (Å²) >= 11 is 0. The van der Waals surface area contributed by atoms with Gasteiger partial charge in [0.15, 0.2) is 0 Å². The molecule has 0 bridgehead atoms. The van der Waals surface area contributed by atoms with Gasteiger partial charge in [-0.25, -0.2) is 0 Å². The molecular formula is C13H21NO4SSi. The maximum Gasteiger partial charge on any atom is 0.385 e. The van der Waals surface area contributed by atoms with Crippen molar-refractivity contribution in [1.82, 2.24) is 0 Å². The number of sulfonamides is 1. The number of benzene rings is 1. The molecular weight excluding hydrogens is 294 g/mol. The summed E-state index contributed by atoms with van der Waals surface area (Å²) in [5.74, 6) is 0. The quantitative estimate of drug-likeness (QED) is 0.487. The second-order valence-corrected chi connectivity index (χ2v) is 11.3. The molecule has 0 fully saturated rings. The Hall–Kier alpha value is -1.34. The first-order valence-electron chi connectivity index (χ1n) is 6.37. The number of rotatable bonds is 4. The average Bonchev–Trinajstić information content (AvgIpc) is 2.26. The summed E-state index contributed by atoms with van der Waals surface area (Å²) in [6.45, 7) is 9.73. The first-order chi connectivity index (χ1) is 9.14. The van der Waals surface area contributed by atoms with Gasteiger partial charge in [-0.3, -0.25) is 0 Å². The van der Waals surface area contributed by atoms with Crippen LogP contribution in [0.1, 0.15) is 12.5 Å². The third-order valence-electron chi connectivity index (χ3n) is 2.17. The zero-order chi connectivity index (χ0) is 15.4. The topological polar surface area (TPSA) is 65.0 Å². The van der Waals surface area contributed by atoms with Crippen LogP contribution in [0.2, 0.25) is 19.6 Å². The molecule has 0 radical (unpaired) electrons. The van der Waals surface area contributed by atoms with Gasteiger partial charge in [0.05, 0.1) is 11.5 Å². The highest BCUT2D eigenvalue weighted by Gasteiger charge is 2.23. The number of hydrogen-bond acceptors (Lipinski definition) is 4. The lowest BCUT2D eigenvalue weighted by atomic mass is 10.2. The molecule has 0 aliphatic rings. The predicted octanol–water partition coefficient (Wildman–Crippen LogP) is 2.93. The lowest BCUT2D eigenvalue weighted by molar-refractivity contribution is 0.250. The normalized spacial score (nSPS) is 13.2. The second-order valence-electron chi connectivity index (χ2n) is 5.29. The maximum atomic E-state index is 12.2. The monoisotopic (exact) mass is 315 g/mol. The van der Waals surface area contributed by atoms with Crippen molar-refractivity contribution in [3.8, 4) is 0 Å². The number of hydrogen-bond donors (Lipinski definition) is 0. The third kappa shape index (κ3) is 5.34. The van der Waals surface area contributed by atoms with E-state index in [1.54, 1.807) is 19.1 Å². The van der Waals surface area contributed by atoms with Gasteiger partial charge in [-0.15, -0.1) is 0 Å². The summed E-state index contributed by atoms with van der Waals surface area (Å²) in [5.41, 5.74) is 0.983. The standard InChI is InChI=1S/C13H21NO4SSi/c1-6-17-13(18-20(3,4)5)14-19(15,16)12-9-7-11(2)8-10-12/h7-10H,6H2,1-5H3/b14-13-. The fraction of sp³-hybridized carbons (Fsp3) is 0.462. The zero-order valence-corrected chi connectivity index (χ0v) is 14.3. The first kappa shape index (κ1) is 16.7. The number of aryl methyl sites for hydroxylation is 1. The Morgan fingerprint density at radius 2 is 1.75 bits per heavy atom. The van der Waals surface area contributed by atoms with Crippen LogP contribution >= 0.6 is 0 Å². The van der Waals surface area contributed by atoms with E-state index in [0.717, 1.165) is 5.56 Å². The highest BCUT2D eigenvalue weighted by Crippen LogP contribution is 2.15. The Balaban J connectivity index is 3.11. The molecule has 0 unspecified atom stereocenters. The zero-order valence-electron chi connectivity index (χ0n) is 12.5. The van der Waals surface area contributed by atoms with Crippen LogP contribution < -0.4 is 0 Å². The molecule has 7 heteroatoms. The van der Waals surface area contributed by atoms with Crippen molar-refractivity contribution in [2.45, 2.75) is 38.4 Å². The molecule has 0 aromatic heterocycles. The van der Waals surface area contributed by atoms with E-state index >= 15 is 0 Å². The molecule has 0 N–H and O–H groups in total. The molecule has 5 nitrogen and oxygen atoms in total. The van der Waals surface area contributed by atoms with Crippen molar-refractivity contribution in [3.05, 3.63) is 29.8 Å². The smallest absolute Gasteiger partial charge is 0.385 e. The summed E-state index contributed by atoms with van der Waals surface area (Å²) in [5, 5.41) is 0. The van der Waals surface area contributed by atoms with Gasteiger partial charge in [0.25, 0.3) is 10.0 Å². The summed E-state index contributed by atoms with van der Waals surface area (Å²) < 4.78 is 38.8. The molecule has 0 saturated heterocycles. The molecule has 0 atom stereocenters. The van der Waals surface area contributed by atoms with Crippen LogP contribution in [0.15, 0.2) is 33.6 Å². The van der Waals surface area contributed by atoms with Crippen molar-refractivity contribution in [3.63, 3.8) is 0 Å². The third-order valence-corrected chi connectivity index (χ3v) is 4.22. The molecule has 0 aliphatic heterocycles. The fourth-order valence-electron chi connectivity index (χ4n) is 1.32. The molecule has 0 amide bonds. The van der Waals surface area contributed by atoms with E-state index in [9.17, 15) is 8.42 Å². The SMILES string of the molecule is CCO/C(=N/S(=O)(=O)c1ccc(C)cc1)O[Si](C)(C)C. The van der Waals surface area contributed by atoms with Crippen molar-refractivity contribution < 1.29 is 17.6 Å². The fourth-order valence-corrected chi connectivity index (χ4v) is 2.89. The van der Waals surface area contributed by atoms with Gasteiger partial charge in [-0.2, -0.15) is 8.42 Å². The van der Waals surface area contributed by atoms with Gasteiger partial charge in [0.2, 0.25) is 8.32 Å². The van der Waals surface area contributed by atoms with E-state index in [-0.39, 0.29) is 11.0 Å². The summed E-state index contributed by atoms with van der Waals surface area (Å²) in [7, 11) is -5.80. The Morgan fingerprint density at radius 3 is 2.20 bits per heavy atom. The van der Waals surface area contributed by atoms with Crippen molar-refractivity contribution in [2.75, 3.05) is 6.61 Å². The Bertz CT molecular complexity index is 573. The lowest BCUT2D eigenvalue weighted by Crippen LogP contribution is -2.31. The number of ether oxygens (including phenoxy) is 1. The summed E-state index contributed by atoms with van der Waals surface area (Å²) in [6, 6.07) is 6.49. The predicted molar refractivity (Wildman–Crippen MR) is 81.9 cm³/mol. The molecule has 0 heterocycles. The van der Waals surface area contributed by atoms with Crippen LogP contribution in [0.5, 0.6) is 0 Å². The van der Waals surface area contributed by atoms with Gasteiger partial charge in [-0.05, 0) is 45.6 Å². The molecule has 0 aliphatic carbocycles. The summed E-state index contributed by atoms with van der Waals surface area (Å²) in [4.78, 5) is 0.125. The molecule has 1 aromatic carbocycles. The highest BCUT2D eigenvalue weighted by molar-refractivity contribution is 7.90. The Labute approximate surface area is 121 Å². The van der Waals surface area contributed by atoms with Crippen LogP contribution in [-0.2, 0) is 19.2 Å². The van der Waals surface area contributed by atoms with Crippen LogP contribution in [0.3, 0.4) is 0 Å². The average molecular weight is 315 g/mol. The Kier molecular flexibility index (Phi) is 5.35. The first-order valence-corrected chi connectivity index (χ1v) is 11.2. The van der Waals surface area contributed by atoms with E-state index in [1.165, 1.54) is 12.1 Å². The van der Waals surface area contributed by atoms with E-state index in [0.29, 0.717) is 6.61 Å². The molecule has 1 rings (SSSR count). The van der Waals surface area contributed by atoms with Gasteiger partial charge < -0.3 is 9.16 Å². The van der Waals surface area contributed by atoms with Crippen LogP contribution in [-0.4, -0.2) is 29.4 Å². The number of nitrogens with zero attached hydrogens (tertiary/aromatic N) is 1. The minimum absolute atomic E-state index is 0.125. The Morgan fingerprint density at radius 1 is 1.20 bits per heavy atom. The molecule has 20 heavy (non-hydrogen) atoms. The molecule has 112 valence electrons. The van der Waals surface area contributed by atoms with E-state index < -0.39 is 18.3 Å². The summed E-state index contributed by atoms with van der Waals surface area (Å²) in [6.07, 6.45) is -0.174. The van der Waals surface area contributed by atoms with Crippen LogP contribution in [0.25, 0.3) is 0 Å². The van der Waals surface area contributed by atoms with Crippen LogP contribution in [0, 0.1) is 6.92 Å². The van der Waals surface area contributed by atoms with Crippen molar-refractivity contribution >= 4 is 24.4 Å². The molecule has 0 saturated carbocycles. The van der Waals surface area contributed by atoms with Gasteiger partial charge in [-0.1, -0.05) is 22.1 Å². The molecule has 0 spiro atoms. The largest absolute Gasteiger partial charge is 0.505 e. The van der Waals surface area contributed by atoms with Crippen molar-refractivity contribution in [1.29, 1.82) is 0 Å².